The summed E-state index contributed by atoms with van der Waals surface area (Å²) in [6, 6.07) is 8.96. The molecule has 3 aliphatic rings. The number of alkyl halides is 2. The normalized spacial score (nSPS) is 24.3. The van der Waals surface area contributed by atoms with E-state index in [-0.39, 0.29) is 18.6 Å². The highest BCUT2D eigenvalue weighted by molar-refractivity contribution is 6.62. The van der Waals surface area contributed by atoms with Gasteiger partial charge in [-0.1, -0.05) is 12.1 Å². The average molecular weight is 513 g/mol. The fourth-order valence-electron chi connectivity index (χ4n) is 4.74. The Labute approximate surface area is 214 Å². The summed E-state index contributed by atoms with van der Waals surface area (Å²) in [6.07, 6.45) is -0.597. The summed E-state index contributed by atoms with van der Waals surface area (Å²) < 4.78 is 45.9. The smallest absolute Gasteiger partial charge is 0.451 e. The summed E-state index contributed by atoms with van der Waals surface area (Å²) in [5, 5.41) is 15.4. The van der Waals surface area contributed by atoms with E-state index < -0.39 is 60.0 Å². The molecule has 8 nitrogen and oxygen atoms in total. The van der Waals surface area contributed by atoms with E-state index in [0.29, 0.717) is 23.8 Å². The van der Waals surface area contributed by atoms with E-state index >= 15 is 0 Å². The Morgan fingerprint density at radius 2 is 1.57 bits per heavy atom. The van der Waals surface area contributed by atoms with E-state index in [1.165, 1.54) is 0 Å². The Morgan fingerprint density at radius 1 is 0.946 bits per heavy atom. The number of nitriles is 1. The lowest BCUT2D eigenvalue weighted by molar-refractivity contribution is -0.133. The first-order chi connectivity index (χ1) is 17.2. The van der Waals surface area contributed by atoms with Crippen LogP contribution < -0.4 is 16.1 Å². The minimum absolute atomic E-state index is 0.0491. The van der Waals surface area contributed by atoms with Gasteiger partial charge in [-0.3, -0.25) is 9.59 Å². The molecule has 196 valence electrons. The molecule has 0 atom stereocenters. The standard InChI is InChI=1S/C26H30BF2N3O5/c1-22(2)23(3,4)37-27(36-22)17-6-5-16-13-19(35-18(16)14-17)20(33)31-25(9-11-26(28,29)12-10-25)21(34)32-24(15-30)7-8-24/h5-6,13-14H,7-12H2,1-4H3,(H,31,33)(H,32,34). The molecule has 1 aliphatic heterocycles. The first kappa shape index (κ1) is 25.7. The Morgan fingerprint density at radius 3 is 2.14 bits per heavy atom. The van der Waals surface area contributed by atoms with Crippen molar-refractivity contribution in [2.75, 3.05) is 0 Å². The molecule has 11 heteroatoms. The molecule has 37 heavy (non-hydrogen) atoms. The summed E-state index contributed by atoms with van der Waals surface area (Å²) in [7, 11) is -0.609. The lowest BCUT2D eigenvalue weighted by atomic mass is 9.78. The van der Waals surface area contributed by atoms with Crippen LogP contribution in [0.2, 0.25) is 0 Å². The topological polar surface area (TPSA) is 114 Å². The molecule has 1 saturated heterocycles. The molecule has 0 spiro atoms. The van der Waals surface area contributed by atoms with E-state index in [9.17, 15) is 23.6 Å². The van der Waals surface area contributed by atoms with Gasteiger partial charge in [-0.25, -0.2) is 8.78 Å². The van der Waals surface area contributed by atoms with Crippen molar-refractivity contribution in [1.29, 1.82) is 5.26 Å². The van der Waals surface area contributed by atoms with E-state index in [2.05, 4.69) is 16.7 Å². The number of nitrogens with zero attached hydrogens (tertiary/aromatic N) is 1. The SMILES string of the molecule is CC1(C)OB(c2ccc3cc(C(=O)NC4(C(=O)NC5(C#N)CC5)CCC(F)(F)CC4)oc3c2)OC1(C)C. The van der Waals surface area contributed by atoms with Crippen LogP contribution in [-0.4, -0.2) is 47.1 Å². The van der Waals surface area contributed by atoms with Gasteiger partial charge in [-0.15, -0.1) is 0 Å². The predicted octanol–water partition coefficient (Wildman–Crippen LogP) is 3.58. The minimum Gasteiger partial charge on any atom is -0.451 e. The maximum Gasteiger partial charge on any atom is 0.494 e. The molecule has 3 fully saturated rings. The molecule has 0 bridgehead atoms. The van der Waals surface area contributed by atoms with Gasteiger partial charge in [0.15, 0.2) is 5.76 Å². The van der Waals surface area contributed by atoms with Crippen LogP contribution in [0.4, 0.5) is 8.78 Å². The van der Waals surface area contributed by atoms with Gasteiger partial charge < -0.3 is 24.4 Å². The second-order valence-corrected chi connectivity index (χ2v) is 11.5. The summed E-state index contributed by atoms with van der Waals surface area (Å²) in [4.78, 5) is 26.4. The Kier molecular flexibility index (Phi) is 5.74. The van der Waals surface area contributed by atoms with Gasteiger partial charge in [0.25, 0.3) is 5.91 Å². The van der Waals surface area contributed by atoms with Crippen LogP contribution in [0, 0.1) is 11.3 Å². The van der Waals surface area contributed by atoms with Crippen LogP contribution in [0.5, 0.6) is 0 Å². The Hall–Kier alpha value is -2.97. The second kappa shape index (κ2) is 8.27. The highest BCUT2D eigenvalue weighted by atomic mass is 19.3. The molecule has 1 aromatic carbocycles. The van der Waals surface area contributed by atoms with Gasteiger partial charge >= 0.3 is 7.12 Å². The number of furan rings is 1. The predicted molar refractivity (Wildman–Crippen MR) is 131 cm³/mol. The number of hydrogen-bond acceptors (Lipinski definition) is 6. The molecule has 2 aromatic rings. The summed E-state index contributed by atoms with van der Waals surface area (Å²) >= 11 is 0. The molecule has 2 amide bonds. The fourth-order valence-corrected chi connectivity index (χ4v) is 4.74. The van der Waals surface area contributed by atoms with Gasteiger partial charge in [0, 0.05) is 18.2 Å². The van der Waals surface area contributed by atoms with Crippen molar-refractivity contribution in [2.45, 2.75) is 94.4 Å². The number of rotatable bonds is 5. The minimum atomic E-state index is -2.91. The van der Waals surface area contributed by atoms with Crippen molar-refractivity contribution in [3.8, 4) is 6.07 Å². The molecule has 0 radical (unpaired) electrons. The molecule has 2 saturated carbocycles. The van der Waals surface area contributed by atoms with Crippen molar-refractivity contribution in [2.24, 2.45) is 0 Å². The van der Waals surface area contributed by atoms with Gasteiger partial charge in [-0.05, 0) is 71.0 Å². The average Bonchev–Trinajstić information content (AvgIpc) is 3.39. The largest absolute Gasteiger partial charge is 0.494 e. The summed E-state index contributed by atoms with van der Waals surface area (Å²) in [6.45, 7) is 7.82. The maximum atomic E-state index is 14.0. The fraction of sp³-hybridized carbons (Fsp3) is 0.577. The van der Waals surface area contributed by atoms with Crippen molar-refractivity contribution < 1.29 is 32.1 Å². The van der Waals surface area contributed by atoms with Gasteiger partial charge in [0.2, 0.25) is 11.8 Å². The molecule has 0 unspecified atom stereocenters. The second-order valence-electron chi connectivity index (χ2n) is 11.5. The molecule has 1 aromatic heterocycles. The van der Waals surface area contributed by atoms with Crippen LogP contribution in [0.1, 0.15) is 76.8 Å². The summed E-state index contributed by atoms with van der Waals surface area (Å²) in [5.41, 5.74) is -2.43. The zero-order valence-corrected chi connectivity index (χ0v) is 21.4. The number of carbonyl (C=O) groups excluding carboxylic acids is 2. The van der Waals surface area contributed by atoms with Crippen LogP contribution >= 0.6 is 0 Å². The molecule has 2 heterocycles. The molecule has 2 aliphatic carbocycles. The number of amides is 2. The number of fused-ring (bicyclic) bond motifs is 1. The highest BCUT2D eigenvalue weighted by Crippen LogP contribution is 2.41. The third-order valence-corrected chi connectivity index (χ3v) is 8.23. The van der Waals surface area contributed by atoms with Crippen LogP contribution in [0.25, 0.3) is 11.0 Å². The van der Waals surface area contributed by atoms with Gasteiger partial charge in [0.05, 0.1) is 17.3 Å². The number of halogens is 2. The molecular weight excluding hydrogens is 483 g/mol. The number of benzene rings is 1. The van der Waals surface area contributed by atoms with E-state index in [1.807, 2.05) is 33.8 Å². The number of carbonyl (C=O) groups is 2. The highest BCUT2D eigenvalue weighted by Gasteiger charge is 2.54. The van der Waals surface area contributed by atoms with Gasteiger partial charge in [-0.2, -0.15) is 5.26 Å². The third-order valence-electron chi connectivity index (χ3n) is 8.23. The maximum absolute atomic E-state index is 14.0. The Bertz CT molecular complexity index is 1290. The van der Waals surface area contributed by atoms with Crippen molar-refractivity contribution in [3.05, 3.63) is 30.0 Å². The lowest BCUT2D eigenvalue weighted by Gasteiger charge is -2.39. The zero-order valence-electron chi connectivity index (χ0n) is 21.4. The molecule has 2 N–H and O–H groups in total. The molecule has 5 rings (SSSR count). The number of hydrogen-bond donors (Lipinski definition) is 2. The van der Waals surface area contributed by atoms with Crippen LogP contribution in [0.3, 0.4) is 0 Å². The Balaban J connectivity index is 1.37. The number of nitrogens with one attached hydrogen (secondary N) is 2. The third kappa shape index (κ3) is 4.61. The van der Waals surface area contributed by atoms with E-state index in [4.69, 9.17) is 13.7 Å². The quantitative estimate of drug-likeness (QED) is 0.591. The molecular formula is C26H30BF2N3O5. The summed E-state index contributed by atoms with van der Waals surface area (Å²) in [5.74, 6) is -4.26. The lowest BCUT2D eigenvalue weighted by Crippen LogP contribution is -2.62. The van der Waals surface area contributed by atoms with Crippen molar-refractivity contribution >= 4 is 35.4 Å². The zero-order chi connectivity index (χ0) is 26.9. The van der Waals surface area contributed by atoms with Crippen LogP contribution in [-0.2, 0) is 14.1 Å². The van der Waals surface area contributed by atoms with Crippen molar-refractivity contribution in [1.82, 2.24) is 10.6 Å². The van der Waals surface area contributed by atoms with E-state index in [0.717, 1.165) is 5.46 Å². The van der Waals surface area contributed by atoms with Crippen molar-refractivity contribution in [3.63, 3.8) is 0 Å². The first-order valence-electron chi connectivity index (χ1n) is 12.5. The van der Waals surface area contributed by atoms with Gasteiger partial charge in [0.1, 0.15) is 16.7 Å². The monoisotopic (exact) mass is 513 g/mol. The van der Waals surface area contributed by atoms with Crippen LogP contribution in [0.15, 0.2) is 28.7 Å². The van der Waals surface area contributed by atoms with E-state index in [1.54, 1.807) is 18.2 Å². The first-order valence-corrected chi connectivity index (χ1v) is 12.5.